The molecule has 2 aromatic rings. The summed E-state index contributed by atoms with van der Waals surface area (Å²) >= 11 is 0. The lowest BCUT2D eigenvalue weighted by Gasteiger charge is -2.11. The van der Waals surface area contributed by atoms with Crippen molar-refractivity contribution in [3.63, 3.8) is 0 Å². The van der Waals surface area contributed by atoms with Gasteiger partial charge in [-0.15, -0.1) is 0 Å². The van der Waals surface area contributed by atoms with Crippen LogP contribution in [-0.2, 0) is 6.42 Å². The van der Waals surface area contributed by atoms with E-state index in [4.69, 9.17) is 0 Å². The van der Waals surface area contributed by atoms with E-state index in [-0.39, 0.29) is 12.0 Å². The maximum absolute atomic E-state index is 13.4. The Morgan fingerprint density at radius 3 is 2.61 bits per heavy atom. The molecule has 1 unspecified atom stereocenters. The van der Waals surface area contributed by atoms with E-state index in [1.165, 1.54) is 12.1 Å². The topological polar surface area (TPSA) is 33.1 Å². The van der Waals surface area contributed by atoms with E-state index < -0.39 is 17.7 Å². The van der Waals surface area contributed by atoms with Crippen molar-refractivity contribution in [2.75, 3.05) is 0 Å². The monoisotopic (exact) mass is 249 g/mol. The van der Waals surface area contributed by atoms with Crippen molar-refractivity contribution in [1.82, 2.24) is 4.98 Å². The third-order valence-corrected chi connectivity index (χ3v) is 2.70. The number of rotatable bonds is 3. The van der Waals surface area contributed by atoms with Crippen molar-refractivity contribution in [3.8, 4) is 0 Å². The zero-order valence-electron chi connectivity index (χ0n) is 9.90. The highest BCUT2D eigenvalue weighted by atomic mass is 19.1. The van der Waals surface area contributed by atoms with Crippen LogP contribution in [-0.4, -0.2) is 10.1 Å². The van der Waals surface area contributed by atoms with Gasteiger partial charge >= 0.3 is 0 Å². The normalized spacial score (nSPS) is 12.4. The molecule has 2 nitrogen and oxygen atoms in total. The number of aliphatic hydroxyl groups excluding tert-OH is 1. The zero-order chi connectivity index (χ0) is 13.1. The molecule has 0 spiro atoms. The van der Waals surface area contributed by atoms with Crippen molar-refractivity contribution in [1.29, 1.82) is 0 Å². The smallest absolute Gasteiger partial charge is 0.129 e. The van der Waals surface area contributed by atoms with Crippen LogP contribution in [0.1, 0.15) is 22.9 Å². The first-order valence-electron chi connectivity index (χ1n) is 5.61. The van der Waals surface area contributed by atoms with Gasteiger partial charge in [0, 0.05) is 18.7 Å². The second-order valence-electron chi connectivity index (χ2n) is 4.22. The van der Waals surface area contributed by atoms with Crippen LogP contribution in [0.5, 0.6) is 0 Å². The number of aliphatic hydroxyl groups is 1. The maximum atomic E-state index is 13.4. The molecule has 18 heavy (non-hydrogen) atoms. The fourth-order valence-corrected chi connectivity index (χ4v) is 1.68. The first-order chi connectivity index (χ1) is 8.56. The van der Waals surface area contributed by atoms with Gasteiger partial charge in [0.05, 0.1) is 5.69 Å². The van der Waals surface area contributed by atoms with Gasteiger partial charge in [-0.05, 0) is 30.2 Å². The lowest BCUT2D eigenvalue weighted by molar-refractivity contribution is 0.172. The van der Waals surface area contributed by atoms with Crippen LogP contribution in [0, 0.1) is 18.6 Å². The van der Waals surface area contributed by atoms with Gasteiger partial charge in [-0.3, -0.25) is 4.98 Å². The highest BCUT2D eigenvalue weighted by Crippen LogP contribution is 2.19. The Labute approximate surface area is 104 Å². The zero-order valence-corrected chi connectivity index (χ0v) is 9.90. The Hall–Kier alpha value is -1.81. The molecule has 1 aromatic heterocycles. The van der Waals surface area contributed by atoms with Gasteiger partial charge < -0.3 is 5.11 Å². The number of nitrogens with zero attached hydrogens (tertiary/aromatic N) is 1. The molecule has 0 aliphatic rings. The summed E-state index contributed by atoms with van der Waals surface area (Å²) in [6.07, 6.45) is 0.812. The van der Waals surface area contributed by atoms with Gasteiger partial charge in [-0.25, -0.2) is 8.78 Å². The SMILES string of the molecule is Cc1ccc(C(O)Cc2ccc(F)cc2F)nc1. The Bertz CT molecular complexity index is 540. The molecule has 2 rings (SSSR count). The summed E-state index contributed by atoms with van der Waals surface area (Å²) in [7, 11) is 0. The third kappa shape index (κ3) is 2.90. The number of halogens is 2. The van der Waals surface area contributed by atoms with E-state index in [1.54, 1.807) is 12.3 Å². The molecule has 0 fully saturated rings. The average molecular weight is 249 g/mol. The minimum atomic E-state index is -0.898. The number of pyridine rings is 1. The molecule has 0 aliphatic heterocycles. The Balaban J connectivity index is 2.15. The Morgan fingerprint density at radius 1 is 1.22 bits per heavy atom. The van der Waals surface area contributed by atoms with Crippen LogP contribution in [0.2, 0.25) is 0 Å². The molecule has 0 aliphatic carbocycles. The number of hydrogen-bond donors (Lipinski definition) is 1. The number of aryl methyl sites for hydroxylation is 1. The van der Waals surface area contributed by atoms with Crippen molar-refractivity contribution < 1.29 is 13.9 Å². The summed E-state index contributed by atoms with van der Waals surface area (Å²) in [6.45, 7) is 1.89. The van der Waals surface area contributed by atoms with Crippen LogP contribution in [0.4, 0.5) is 8.78 Å². The molecular weight excluding hydrogens is 236 g/mol. The summed E-state index contributed by atoms with van der Waals surface area (Å²) in [5.41, 5.74) is 1.73. The van der Waals surface area contributed by atoms with Gasteiger partial charge in [-0.1, -0.05) is 12.1 Å². The molecule has 1 N–H and O–H groups in total. The summed E-state index contributed by atoms with van der Waals surface area (Å²) in [6, 6.07) is 6.84. The van der Waals surface area contributed by atoms with Crippen molar-refractivity contribution in [2.24, 2.45) is 0 Å². The quantitative estimate of drug-likeness (QED) is 0.907. The molecule has 4 heteroatoms. The van der Waals surface area contributed by atoms with Gasteiger partial charge in [-0.2, -0.15) is 0 Å². The molecule has 0 bridgehead atoms. The fourth-order valence-electron chi connectivity index (χ4n) is 1.68. The predicted octanol–water partition coefficient (Wildman–Crippen LogP) is 2.94. The van der Waals surface area contributed by atoms with E-state index in [2.05, 4.69) is 4.98 Å². The molecule has 0 radical (unpaired) electrons. The largest absolute Gasteiger partial charge is 0.386 e. The second-order valence-corrected chi connectivity index (χ2v) is 4.22. The van der Waals surface area contributed by atoms with Crippen LogP contribution < -0.4 is 0 Å². The van der Waals surface area contributed by atoms with E-state index in [9.17, 15) is 13.9 Å². The molecule has 1 atom stereocenters. The predicted molar refractivity (Wildman–Crippen MR) is 64.0 cm³/mol. The van der Waals surface area contributed by atoms with Crippen LogP contribution in [0.25, 0.3) is 0 Å². The summed E-state index contributed by atoms with van der Waals surface area (Å²) in [4.78, 5) is 4.08. The molecule has 0 saturated carbocycles. The van der Waals surface area contributed by atoms with Gasteiger partial charge in [0.1, 0.15) is 17.7 Å². The number of hydrogen-bond acceptors (Lipinski definition) is 2. The summed E-state index contributed by atoms with van der Waals surface area (Å²) in [5.74, 6) is -1.28. The summed E-state index contributed by atoms with van der Waals surface area (Å²) in [5, 5.41) is 9.94. The molecular formula is C14H13F2NO. The molecule has 94 valence electrons. The minimum absolute atomic E-state index is 0.0716. The standard InChI is InChI=1S/C14H13F2NO/c1-9-2-5-13(17-8-9)14(18)6-10-3-4-11(15)7-12(10)16/h2-5,7-8,14,18H,6H2,1H3. The number of benzene rings is 1. The van der Waals surface area contributed by atoms with Crippen molar-refractivity contribution in [3.05, 3.63) is 65.0 Å². The maximum Gasteiger partial charge on any atom is 0.129 e. The van der Waals surface area contributed by atoms with Gasteiger partial charge in [0.2, 0.25) is 0 Å². The first-order valence-corrected chi connectivity index (χ1v) is 5.61. The van der Waals surface area contributed by atoms with Gasteiger partial charge in [0.15, 0.2) is 0 Å². The van der Waals surface area contributed by atoms with Crippen LogP contribution >= 0.6 is 0 Å². The lowest BCUT2D eigenvalue weighted by Crippen LogP contribution is -2.05. The number of aromatic nitrogens is 1. The highest BCUT2D eigenvalue weighted by molar-refractivity contribution is 5.22. The van der Waals surface area contributed by atoms with E-state index in [1.807, 2.05) is 13.0 Å². The molecule has 0 saturated heterocycles. The Kier molecular flexibility index (Phi) is 3.67. The fraction of sp³-hybridized carbons (Fsp3) is 0.214. The molecule has 1 aromatic carbocycles. The molecule has 0 amide bonds. The van der Waals surface area contributed by atoms with Gasteiger partial charge in [0.25, 0.3) is 0 Å². The lowest BCUT2D eigenvalue weighted by atomic mass is 10.0. The third-order valence-electron chi connectivity index (χ3n) is 2.70. The van der Waals surface area contributed by atoms with E-state index in [0.29, 0.717) is 5.69 Å². The van der Waals surface area contributed by atoms with E-state index in [0.717, 1.165) is 11.6 Å². The first kappa shape index (κ1) is 12.6. The van der Waals surface area contributed by atoms with Crippen molar-refractivity contribution in [2.45, 2.75) is 19.4 Å². The Morgan fingerprint density at radius 2 is 2.00 bits per heavy atom. The average Bonchev–Trinajstić information content (AvgIpc) is 2.33. The minimum Gasteiger partial charge on any atom is -0.386 e. The van der Waals surface area contributed by atoms with Crippen LogP contribution in [0.15, 0.2) is 36.5 Å². The van der Waals surface area contributed by atoms with Crippen molar-refractivity contribution >= 4 is 0 Å². The second kappa shape index (κ2) is 5.23. The molecule has 1 heterocycles. The van der Waals surface area contributed by atoms with Crippen LogP contribution in [0.3, 0.4) is 0 Å². The van der Waals surface area contributed by atoms with E-state index >= 15 is 0 Å². The highest BCUT2D eigenvalue weighted by Gasteiger charge is 2.13. The summed E-state index contributed by atoms with van der Waals surface area (Å²) < 4.78 is 26.2.